The highest BCUT2D eigenvalue weighted by molar-refractivity contribution is 6.15. The highest BCUT2D eigenvalue weighted by Crippen LogP contribution is 2.53. The number of anilines is 1. The molecule has 0 radical (unpaired) electrons. The van der Waals surface area contributed by atoms with Crippen molar-refractivity contribution in [2.45, 2.75) is 50.9 Å². The largest absolute Gasteiger partial charge is 0.392 e. The number of nitrogens with zero attached hydrogens (tertiary/aromatic N) is 1. The van der Waals surface area contributed by atoms with Gasteiger partial charge in [0, 0.05) is 23.3 Å². The van der Waals surface area contributed by atoms with Crippen molar-refractivity contribution in [1.82, 2.24) is 10.2 Å². The fourth-order valence-electron chi connectivity index (χ4n) is 4.74. The van der Waals surface area contributed by atoms with E-state index in [1.165, 1.54) is 4.90 Å². The highest BCUT2D eigenvalue weighted by Gasteiger charge is 2.71. The van der Waals surface area contributed by atoms with Crippen molar-refractivity contribution in [3.63, 3.8) is 0 Å². The van der Waals surface area contributed by atoms with Crippen LogP contribution in [0.4, 0.5) is 5.69 Å². The molecule has 1 spiro atoms. The first-order valence-electron chi connectivity index (χ1n) is 9.08. The zero-order chi connectivity index (χ0) is 18.8. The molecule has 3 aliphatic rings. The molecule has 0 bridgehead atoms. The number of carbonyl (C=O) groups excluding carboxylic acids is 3. The number of para-hydroxylation sites is 1. The molecule has 3 N–H and O–H groups in total. The number of fused-ring (bicyclic) bond motifs is 4. The smallest absolute Gasteiger partial charge is 0.250 e. The fraction of sp³-hybridized carbons (Fsp3) is 0.526. The van der Waals surface area contributed by atoms with Gasteiger partial charge in [-0.1, -0.05) is 25.1 Å². The second-order valence-corrected chi connectivity index (χ2v) is 7.53. The molecule has 3 heterocycles. The first-order valence-corrected chi connectivity index (χ1v) is 9.08. The molecular weight excluding hydrogens is 334 g/mol. The van der Waals surface area contributed by atoms with Gasteiger partial charge in [-0.25, -0.2) is 0 Å². The third kappa shape index (κ3) is 1.92. The number of rotatable bonds is 3. The van der Waals surface area contributed by atoms with E-state index in [9.17, 15) is 19.5 Å². The Labute approximate surface area is 151 Å². The Morgan fingerprint density at radius 2 is 1.88 bits per heavy atom. The van der Waals surface area contributed by atoms with E-state index in [1.807, 2.05) is 19.9 Å². The van der Waals surface area contributed by atoms with E-state index >= 15 is 0 Å². The SMILES string of the molecule is CC[C@H](C)N1C(=O)[C@@H]2[C@@H]([C@H](C)O)N[C@]3(C(=O)Nc4ccccc43)[C@@H]2C1=O. The summed E-state index contributed by atoms with van der Waals surface area (Å²) in [6.45, 7) is 5.32. The van der Waals surface area contributed by atoms with E-state index in [0.717, 1.165) is 0 Å². The van der Waals surface area contributed by atoms with Crippen molar-refractivity contribution in [3.05, 3.63) is 29.8 Å². The maximum Gasteiger partial charge on any atom is 0.250 e. The molecule has 6 atom stereocenters. The average Bonchev–Trinajstić information content (AvgIpc) is 3.20. The summed E-state index contributed by atoms with van der Waals surface area (Å²) < 4.78 is 0. The topological polar surface area (TPSA) is 98.7 Å². The number of likely N-dealkylation sites (tertiary alicyclic amines) is 1. The van der Waals surface area contributed by atoms with Crippen LogP contribution in [0.3, 0.4) is 0 Å². The Balaban J connectivity index is 1.90. The monoisotopic (exact) mass is 357 g/mol. The van der Waals surface area contributed by atoms with Gasteiger partial charge in [0.2, 0.25) is 17.7 Å². The molecule has 1 aromatic carbocycles. The molecule has 7 nitrogen and oxygen atoms in total. The maximum absolute atomic E-state index is 13.3. The first-order chi connectivity index (χ1) is 12.3. The van der Waals surface area contributed by atoms with Gasteiger partial charge < -0.3 is 10.4 Å². The summed E-state index contributed by atoms with van der Waals surface area (Å²) in [6.07, 6.45) is -0.240. The van der Waals surface area contributed by atoms with Gasteiger partial charge in [0.25, 0.3) is 0 Å². The molecule has 0 saturated carbocycles. The van der Waals surface area contributed by atoms with Crippen LogP contribution in [-0.4, -0.2) is 45.9 Å². The van der Waals surface area contributed by atoms with E-state index in [1.54, 1.807) is 25.1 Å². The van der Waals surface area contributed by atoms with E-state index in [4.69, 9.17) is 0 Å². The Morgan fingerprint density at radius 1 is 1.19 bits per heavy atom. The lowest BCUT2D eigenvalue weighted by Crippen LogP contribution is -2.55. The van der Waals surface area contributed by atoms with E-state index in [0.29, 0.717) is 17.7 Å². The van der Waals surface area contributed by atoms with Gasteiger partial charge in [-0.3, -0.25) is 24.6 Å². The van der Waals surface area contributed by atoms with Crippen molar-refractivity contribution in [2.75, 3.05) is 5.32 Å². The Bertz CT molecular complexity index is 808. The number of benzene rings is 1. The van der Waals surface area contributed by atoms with Crippen molar-refractivity contribution in [1.29, 1.82) is 0 Å². The van der Waals surface area contributed by atoms with Crippen LogP contribution in [0.1, 0.15) is 32.8 Å². The predicted molar refractivity (Wildman–Crippen MR) is 93.9 cm³/mol. The lowest BCUT2D eigenvalue weighted by atomic mass is 9.76. The number of nitrogens with one attached hydrogen (secondary N) is 2. The standard InChI is InChI=1S/C19H23N3O4/c1-4-9(2)22-16(24)13-14(17(22)25)19(21-15(13)10(3)23)11-7-5-6-8-12(11)20-18(19)26/h5-10,13-15,21,23H,4H2,1-3H3,(H,20,26)/t9-,10-,13-,14-,15+,19-/m0/s1. The van der Waals surface area contributed by atoms with Crippen molar-refractivity contribution >= 4 is 23.4 Å². The van der Waals surface area contributed by atoms with Gasteiger partial charge in [-0.05, 0) is 26.3 Å². The molecule has 1 aromatic rings. The highest BCUT2D eigenvalue weighted by atomic mass is 16.3. The summed E-state index contributed by atoms with van der Waals surface area (Å²) in [5.41, 5.74) is -0.0229. The molecule has 3 aliphatic heterocycles. The third-order valence-electron chi connectivity index (χ3n) is 6.14. The molecule has 7 heteroatoms. The lowest BCUT2D eigenvalue weighted by Gasteiger charge is -2.31. The maximum atomic E-state index is 13.3. The van der Waals surface area contributed by atoms with Gasteiger partial charge in [0.05, 0.1) is 17.9 Å². The number of aliphatic hydroxyl groups excluding tert-OH is 1. The molecular formula is C19H23N3O4. The summed E-state index contributed by atoms with van der Waals surface area (Å²) in [6, 6.07) is 6.28. The third-order valence-corrected chi connectivity index (χ3v) is 6.14. The minimum Gasteiger partial charge on any atom is -0.392 e. The fourth-order valence-corrected chi connectivity index (χ4v) is 4.74. The van der Waals surface area contributed by atoms with Crippen LogP contribution in [0.2, 0.25) is 0 Å². The van der Waals surface area contributed by atoms with E-state index in [-0.39, 0.29) is 23.8 Å². The van der Waals surface area contributed by atoms with Crippen LogP contribution < -0.4 is 10.6 Å². The second-order valence-electron chi connectivity index (χ2n) is 7.53. The van der Waals surface area contributed by atoms with Crippen molar-refractivity contribution in [3.8, 4) is 0 Å². The van der Waals surface area contributed by atoms with E-state index < -0.39 is 29.5 Å². The summed E-state index contributed by atoms with van der Waals surface area (Å²) in [5.74, 6) is -2.59. The number of aliphatic hydroxyl groups is 1. The van der Waals surface area contributed by atoms with Crippen LogP contribution in [-0.2, 0) is 19.9 Å². The molecule has 0 unspecified atom stereocenters. The predicted octanol–water partition coefficient (Wildman–Crippen LogP) is 0.586. The van der Waals surface area contributed by atoms with Gasteiger partial charge in [-0.15, -0.1) is 0 Å². The normalized spacial score (nSPS) is 34.8. The molecule has 0 aromatic heterocycles. The number of carbonyl (C=O) groups is 3. The van der Waals surface area contributed by atoms with Crippen LogP contribution in [0.25, 0.3) is 0 Å². The Morgan fingerprint density at radius 3 is 2.54 bits per heavy atom. The number of hydrogen-bond acceptors (Lipinski definition) is 5. The first kappa shape index (κ1) is 17.2. The molecule has 2 saturated heterocycles. The molecule has 0 aliphatic carbocycles. The van der Waals surface area contributed by atoms with Gasteiger partial charge >= 0.3 is 0 Å². The van der Waals surface area contributed by atoms with Crippen LogP contribution in [0.15, 0.2) is 24.3 Å². The zero-order valence-electron chi connectivity index (χ0n) is 15.0. The molecule has 26 heavy (non-hydrogen) atoms. The summed E-state index contributed by atoms with van der Waals surface area (Å²) in [7, 11) is 0. The second kappa shape index (κ2) is 5.62. The number of amides is 3. The van der Waals surface area contributed by atoms with Crippen LogP contribution >= 0.6 is 0 Å². The van der Waals surface area contributed by atoms with Crippen molar-refractivity contribution < 1.29 is 19.5 Å². The van der Waals surface area contributed by atoms with Gasteiger partial charge in [-0.2, -0.15) is 0 Å². The molecule has 2 fully saturated rings. The lowest BCUT2D eigenvalue weighted by molar-refractivity contribution is -0.145. The summed E-state index contributed by atoms with van der Waals surface area (Å²) in [4.78, 5) is 40.7. The Kier molecular flexibility index (Phi) is 3.71. The number of hydrogen-bond donors (Lipinski definition) is 3. The van der Waals surface area contributed by atoms with Crippen LogP contribution in [0, 0.1) is 11.8 Å². The average molecular weight is 357 g/mol. The number of imide groups is 1. The quantitative estimate of drug-likeness (QED) is 0.688. The minimum absolute atomic E-state index is 0.244. The van der Waals surface area contributed by atoms with Gasteiger partial charge in [0.15, 0.2) is 0 Å². The summed E-state index contributed by atoms with van der Waals surface area (Å²) >= 11 is 0. The molecule has 4 rings (SSSR count). The zero-order valence-corrected chi connectivity index (χ0v) is 15.0. The Hall–Kier alpha value is -2.25. The molecule has 3 amide bonds. The van der Waals surface area contributed by atoms with Crippen molar-refractivity contribution in [2.24, 2.45) is 11.8 Å². The van der Waals surface area contributed by atoms with E-state index in [2.05, 4.69) is 10.6 Å². The minimum atomic E-state index is -1.32. The van der Waals surface area contributed by atoms with Crippen LogP contribution in [0.5, 0.6) is 0 Å². The summed E-state index contributed by atoms with van der Waals surface area (Å²) in [5, 5.41) is 16.3. The van der Waals surface area contributed by atoms with Gasteiger partial charge in [0.1, 0.15) is 5.54 Å². The molecule has 138 valence electrons.